The lowest BCUT2D eigenvalue weighted by Crippen LogP contribution is -2.39. The number of rotatable bonds is 11. The van der Waals surface area contributed by atoms with Gasteiger partial charge < -0.3 is 20.3 Å². The minimum absolute atomic E-state index is 0.0215. The van der Waals surface area contributed by atoms with Crippen molar-refractivity contribution in [2.45, 2.75) is 19.3 Å². The van der Waals surface area contributed by atoms with E-state index in [1.165, 1.54) is 5.56 Å². The van der Waals surface area contributed by atoms with E-state index < -0.39 is 0 Å². The maximum atomic E-state index is 12.1. The van der Waals surface area contributed by atoms with Crippen molar-refractivity contribution in [1.82, 2.24) is 15.5 Å². The first kappa shape index (κ1) is 23.4. The zero-order valence-corrected chi connectivity index (χ0v) is 18.4. The highest BCUT2D eigenvalue weighted by Gasteiger charge is 2.08. The van der Waals surface area contributed by atoms with E-state index in [1.807, 2.05) is 30.3 Å². The van der Waals surface area contributed by atoms with Gasteiger partial charge in [0.1, 0.15) is 0 Å². The van der Waals surface area contributed by atoms with Gasteiger partial charge in [-0.05, 0) is 42.5 Å². The molecule has 2 rings (SSSR count). The Balaban J connectivity index is 1.59. The topological polar surface area (TPSA) is 66.0 Å². The van der Waals surface area contributed by atoms with Crippen LogP contribution in [0.15, 0.2) is 59.6 Å². The number of carbonyl (C=O) groups excluding carboxylic acids is 1. The van der Waals surface area contributed by atoms with Crippen LogP contribution in [0.4, 0.5) is 0 Å². The third kappa shape index (κ3) is 8.66. The number of hydrogen-bond acceptors (Lipinski definition) is 3. The van der Waals surface area contributed by atoms with Crippen LogP contribution in [0.2, 0.25) is 0 Å². The lowest BCUT2D eigenvalue weighted by Gasteiger charge is -2.13. The van der Waals surface area contributed by atoms with Crippen molar-refractivity contribution in [2.75, 3.05) is 47.4 Å². The largest absolute Gasteiger partial charge is 0.381 e. The Morgan fingerprint density at radius 1 is 0.933 bits per heavy atom. The summed E-state index contributed by atoms with van der Waals surface area (Å²) in [6.07, 6.45) is 2.68. The van der Waals surface area contributed by atoms with Crippen LogP contribution < -0.4 is 10.6 Å². The molecule has 0 aliphatic carbocycles. The normalized spacial score (nSPS) is 11.2. The summed E-state index contributed by atoms with van der Waals surface area (Å²) in [5.41, 5.74) is 3.14. The van der Waals surface area contributed by atoms with E-state index in [-0.39, 0.29) is 5.91 Å². The molecule has 162 valence electrons. The summed E-state index contributed by atoms with van der Waals surface area (Å²) in [6.45, 7) is 3.01. The van der Waals surface area contributed by atoms with Crippen LogP contribution in [0.25, 0.3) is 0 Å². The Morgan fingerprint density at radius 3 is 2.40 bits per heavy atom. The highest BCUT2D eigenvalue weighted by Crippen LogP contribution is 2.07. The van der Waals surface area contributed by atoms with E-state index in [4.69, 9.17) is 4.74 Å². The van der Waals surface area contributed by atoms with Crippen molar-refractivity contribution in [3.05, 3.63) is 71.3 Å². The molecule has 0 radical (unpaired) electrons. The SMILES string of the molecule is CN=C(NCCCOCCc1ccccc1)NCCc1cccc(C(=O)N(C)C)c1. The number of amides is 1. The first-order valence-electron chi connectivity index (χ1n) is 10.5. The maximum absolute atomic E-state index is 12.1. The average molecular weight is 411 g/mol. The summed E-state index contributed by atoms with van der Waals surface area (Å²) in [5, 5.41) is 6.62. The van der Waals surface area contributed by atoms with Crippen LogP contribution in [0, 0.1) is 0 Å². The van der Waals surface area contributed by atoms with E-state index in [2.05, 4.69) is 39.9 Å². The van der Waals surface area contributed by atoms with E-state index in [9.17, 15) is 4.79 Å². The highest BCUT2D eigenvalue weighted by molar-refractivity contribution is 5.94. The second-order valence-corrected chi connectivity index (χ2v) is 7.28. The van der Waals surface area contributed by atoms with Crippen molar-refractivity contribution < 1.29 is 9.53 Å². The predicted molar refractivity (Wildman–Crippen MR) is 123 cm³/mol. The summed E-state index contributed by atoms with van der Waals surface area (Å²) in [5.74, 6) is 0.799. The number of carbonyl (C=O) groups is 1. The molecule has 0 spiro atoms. The van der Waals surface area contributed by atoms with Gasteiger partial charge in [-0.2, -0.15) is 0 Å². The number of benzene rings is 2. The average Bonchev–Trinajstić information content (AvgIpc) is 2.77. The molecule has 0 fully saturated rings. The van der Waals surface area contributed by atoms with Crippen molar-refractivity contribution in [2.24, 2.45) is 4.99 Å². The Labute approximate surface area is 180 Å². The van der Waals surface area contributed by atoms with Gasteiger partial charge >= 0.3 is 0 Å². The Morgan fingerprint density at radius 2 is 1.67 bits per heavy atom. The molecule has 0 aliphatic heterocycles. The van der Waals surface area contributed by atoms with Gasteiger partial charge in [-0.15, -0.1) is 0 Å². The van der Waals surface area contributed by atoms with Gasteiger partial charge in [-0.3, -0.25) is 9.79 Å². The molecule has 2 aromatic rings. The fraction of sp³-hybridized carbons (Fsp3) is 0.417. The Kier molecular flexibility index (Phi) is 10.4. The fourth-order valence-electron chi connectivity index (χ4n) is 2.98. The number of aliphatic imine (C=N–C) groups is 1. The molecule has 0 heterocycles. The second kappa shape index (κ2) is 13.4. The number of hydrogen-bond donors (Lipinski definition) is 2. The summed E-state index contributed by atoms with van der Waals surface area (Å²) in [7, 11) is 5.29. The van der Waals surface area contributed by atoms with Crippen LogP contribution in [0.5, 0.6) is 0 Å². The van der Waals surface area contributed by atoms with Gasteiger partial charge in [0.2, 0.25) is 0 Å². The third-order valence-corrected chi connectivity index (χ3v) is 4.65. The zero-order chi connectivity index (χ0) is 21.6. The summed E-state index contributed by atoms with van der Waals surface area (Å²) in [6, 6.07) is 18.1. The molecule has 6 nitrogen and oxygen atoms in total. The monoisotopic (exact) mass is 410 g/mol. The Bertz CT molecular complexity index is 791. The molecule has 2 aromatic carbocycles. The van der Waals surface area contributed by atoms with Crippen molar-refractivity contribution in [3.8, 4) is 0 Å². The first-order valence-corrected chi connectivity index (χ1v) is 10.5. The predicted octanol–water partition coefficient (Wildman–Crippen LogP) is 2.75. The fourth-order valence-corrected chi connectivity index (χ4v) is 2.98. The number of nitrogens with one attached hydrogen (secondary N) is 2. The van der Waals surface area contributed by atoms with Crippen LogP contribution in [-0.4, -0.2) is 64.2 Å². The minimum Gasteiger partial charge on any atom is -0.381 e. The third-order valence-electron chi connectivity index (χ3n) is 4.65. The molecule has 0 unspecified atom stereocenters. The van der Waals surface area contributed by atoms with Crippen molar-refractivity contribution >= 4 is 11.9 Å². The molecular formula is C24H34N4O2. The molecular weight excluding hydrogens is 376 g/mol. The molecule has 0 aromatic heterocycles. The highest BCUT2D eigenvalue weighted by atomic mass is 16.5. The minimum atomic E-state index is 0.0215. The first-order chi connectivity index (χ1) is 14.6. The quantitative estimate of drug-likeness (QED) is 0.340. The van der Waals surface area contributed by atoms with Crippen LogP contribution >= 0.6 is 0 Å². The standard InChI is InChI=1S/C24H34N4O2/c1-25-24(26-15-8-17-30-18-14-20-9-5-4-6-10-20)27-16-13-21-11-7-12-22(19-21)23(29)28(2)3/h4-7,9-12,19H,8,13-18H2,1-3H3,(H2,25,26,27). The van der Waals surface area contributed by atoms with Crippen molar-refractivity contribution in [1.29, 1.82) is 0 Å². The summed E-state index contributed by atoms with van der Waals surface area (Å²) in [4.78, 5) is 17.9. The molecule has 2 N–H and O–H groups in total. The summed E-state index contributed by atoms with van der Waals surface area (Å²) >= 11 is 0. The zero-order valence-electron chi connectivity index (χ0n) is 18.4. The number of guanidine groups is 1. The lowest BCUT2D eigenvalue weighted by molar-refractivity contribution is 0.0827. The van der Waals surface area contributed by atoms with E-state index >= 15 is 0 Å². The van der Waals surface area contributed by atoms with E-state index in [1.54, 1.807) is 26.0 Å². The maximum Gasteiger partial charge on any atom is 0.253 e. The second-order valence-electron chi connectivity index (χ2n) is 7.28. The number of nitrogens with zero attached hydrogens (tertiary/aromatic N) is 2. The molecule has 1 amide bonds. The molecule has 0 saturated heterocycles. The van der Waals surface area contributed by atoms with E-state index in [0.29, 0.717) is 5.56 Å². The van der Waals surface area contributed by atoms with Crippen molar-refractivity contribution in [3.63, 3.8) is 0 Å². The van der Waals surface area contributed by atoms with Gasteiger partial charge in [0.25, 0.3) is 5.91 Å². The summed E-state index contributed by atoms with van der Waals surface area (Å²) < 4.78 is 5.71. The molecule has 0 aliphatic rings. The van der Waals surface area contributed by atoms with Crippen LogP contribution in [0.1, 0.15) is 27.9 Å². The van der Waals surface area contributed by atoms with Gasteiger partial charge in [0.05, 0.1) is 6.61 Å². The molecule has 0 saturated carbocycles. The molecule has 0 atom stereocenters. The number of ether oxygens (including phenoxy) is 1. The molecule has 0 bridgehead atoms. The van der Waals surface area contributed by atoms with Crippen LogP contribution in [-0.2, 0) is 17.6 Å². The molecule has 30 heavy (non-hydrogen) atoms. The van der Waals surface area contributed by atoms with Gasteiger partial charge in [-0.1, -0.05) is 42.5 Å². The van der Waals surface area contributed by atoms with E-state index in [0.717, 1.165) is 57.1 Å². The Hall–Kier alpha value is -2.86. The van der Waals surface area contributed by atoms with Gasteiger partial charge in [0, 0.05) is 46.4 Å². The van der Waals surface area contributed by atoms with Gasteiger partial charge in [0.15, 0.2) is 5.96 Å². The lowest BCUT2D eigenvalue weighted by atomic mass is 10.1. The van der Waals surface area contributed by atoms with Crippen LogP contribution in [0.3, 0.4) is 0 Å². The van der Waals surface area contributed by atoms with Gasteiger partial charge in [-0.25, -0.2) is 0 Å². The smallest absolute Gasteiger partial charge is 0.253 e. The molecule has 6 heteroatoms.